The molecule has 0 amide bonds. The van der Waals surface area contributed by atoms with E-state index in [9.17, 15) is 28.6 Å². The number of halogens is 2. The quantitative estimate of drug-likeness (QED) is 0.147. The normalized spacial score (nSPS) is 25.9. The van der Waals surface area contributed by atoms with Crippen LogP contribution in [0.5, 0.6) is 0 Å². The second kappa shape index (κ2) is 11.3. The molecule has 1 saturated heterocycles. The average Bonchev–Trinajstić information content (AvgIpc) is 3.37. The lowest BCUT2D eigenvalue weighted by molar-refractivity contribution is -0.0541. The van der Waals surface area contributed by atoms with Gasteiger partial charge in [-0.2, -0.15) is 5.10 Å². The Kier molecular flexibility index (Phi) is 7.42. The summed E-state index contributed by atoms with van der Waals surface area (Å²) in [6, 6.07) is 5.83. The summed E-state index contributed by atoms with van der Waals surface area (Å²) in [5.74, 6) is -2.02. The van der Waals surface area contributed by atoms with Crippen LogP contribution in [0, 0.1) is 5.82 Å². The van der Waals surface area contributed by atoms with Crippen LogP contribution in [0.25, 0.3) is 11.0 Å². The van der Waals surface area contributed by atoms with E-state index >= 15 is 0 Å². The summed E-state index contributed by atoms with van der Waals surface area (Å²) in [4.78, 5) is 31.7. The molecule has 3 heterocycles. The summed E-state index contributed by atoms with van der Waals surface area (Å²) in [5.41, 5.74) is 0.351. The highest BCUT2D eigenvalue weighted by Crippen LogP contribution is 2.55. The highest BCUT2D eigenvalue weighted by Gasteiger charge is 2.46. The van der Waals surface area contributed by atoms with Crippen LogP contribution in [0.1, 0.15) is 22.8 Å². The van der Waals surface area contributed by atoms with Crippen LogP contribution < -0.4 is 5.32 Å². The largest absolute Gasteiger partial charge is 0.387 e. The standard InChI is InChI=1S/C21H26ClFN4O9P2/c1-11(6-12-4-2-3-5-14(12)23)25-15-7-17(22)26-20-13(15)8-24-27(20)21-19(29)18(28)16(36-21)9-35-38(33,34)10-37(30,31)32/h2-5,7-8,11,16,18-19,21,28-29H,6,9-10H2,1H3,(H,25,26)(H,33,34)(H2,30,31,32)/t11-,16+,18+,19+,21+/m0/s1/i1D3. The molecular weight excluding hydrogens is 569 g/mol. The lowest BCUT2D eigenvalue weighted by Crippen LogP contribution is -2.33. The number of nitrogens with zero attached hydrogens (tertiary/aromatic N) is 3. The van der Waals surface area contributed by atoms with Gasteiger partial charge in [0.05, 0.1) is 23.9 Å². The number of aromatic nitrogens is 3. The molecule has 3 aromatic rings. The number of anilines is 1. The Labute approximate surface area is 225 Å². The summed E-state index contributed by atoms with van der Waals surface area (Å²) in [6.45, 7) is -3.38. The Morgan fingerprint density at radius 3 is 2.71 bits per heavy atom. The predicted molar refractivity (Wildman–Crippen MR) is 134 cm³/mol. The molecule has 0 radical (unpaired) electrons. The fourth-order valence-electron chi connectivity index (χ4n) is 3.95. The monoisotopic (exact) mass is 597 g/mol. The maximum atomic E-state index is 14.3. The van der Waals surface area contributed by atoms with Crippen LogP contribution in [0.2, 0.25) is 5.15 Å². The molecule has 208 valence electrons. The van der Waals surface area contributed by atoms with Crippen LogP contribution in [0.4, 0.5) is 10.1 Å². The number of nitrogens with one attached hydrogen (secondary N) is 1. The zero-order valence-corrected chi connectivity index (χ0v) is 21.9. The molecule has 0 spiro atoms. The van der Waals surface area contributed by atoms with Crippen molar-refractivity contribution in [3.05, 3.63) is 53.1 Å². The van der Waals surface area contributed by atoms with Crippen molar-refractivity contribution >= 4 is 43.5 Å². The van der Waals surface area contributed by atoms with E-state index in [2.05, 4.69) is 15.4 Å². The molecule has 17 heteroatoms. The highest BCUT2D eigenvalue weighted by atomic mass is 35.5. The Hall–Kier alpha value is -1.96. The molecule has 1 fully saturated rings. The van der Waals surface area contributed by atoms with Crippen LogP contribution in [0.3, 0.4) is 0 Å². The summed E-state index contributed by atoms with van der Waals surface area (Å²) in [7, 11) is -9.66. The maximum Gasteiger partial charge on any atom is 0.340 e. The molecule has 4 rings (SSSR count). The second-order valence-electron chi connectivity index (χ2n) is 8.60. The first-order valence-corrected chi connectivity index (χ1v) is 15.0. The van der Waals surface area contributed by atoms with Gasteiger partial charge in [-0.25, -0.2) is 14.1 Å². The van der Waals surface area contributed by atoms with Gasteiger partial charge in [0.2, 0.25) is 0 Å². The van der Waals surface area contributed by atoms with Crippen molar-refractivity contribution in [2.24, 2.45) is 0 Å². The molecule has 38 heavy (non-hydrogen) atoms. The lowest BCUT2D eigenvalue weighted by Gasteiger charge is -2.18. The number of fused-ring (bicyclic) bond motifs is 1. The predicted octanol–water partition coefficient (Wildman–Crippen LogP) is 2.22. The molecule has 0 aliphatic carbocycles. The fraction of sp³-hybridized carbons (Fsp3) is 0.429. The minimum absolute atomic E-state index is 0.00216. The minimum atomic E-state index is -4.89. The van der Waals surface area contributed by atoms with Crippen LogP contribution >= 0.6 is 26.8 Å². The van der Waals surface area contributed by atoms with E-state index in [4.69, 9.17) is 34.8 Å². The third-order valence-electron chi connectivity index (χ3n) is 5.63. The van der Waals surface area contributed by atoms with Crippen molar-refractivity contribution in [3.63, 3.8) is 0 Å². The topological polar surface area (TPSA) is 196 Å². The first kappa shape index (κ1) is 25.0. The van der Waals surface area contributed by atoms with Crippen molar-refractivity contribution in [3.8, 4) is 0 Å². The van der Waals surface area contributed by atoms with Gasteiger partial charge in [0.15, 0.2) is 17.8 Å². The first-order valence-electron chi connectivity index (χ1n) is 12.5. The zero-order chi connectivity index (χ0) is 30.3. The van der Waals surface area contributed by atoms with Gasteiger partial charge < -0.3 is 39.5 Å². The van der Waals surface area contributed by atoms with E-state index in [0.29, 0.717) is 0 Å². The smallest absolute Gasteiger partial charge is 0.340 e. The van der Waals surface area contributed by atoms with Crippen molar-refractivity contribution in [2.45, 2.75) is 43.9 Å². The van der Waals surface area contributed by atoms with Gasteiger partial charge in [-0.15, -0.1) is 0 Å². The number of pyridine rings is 1. The van der Waals surface area contributed by atoms with Gasteiger partial charge in [0.1, 0.15) is 29.3 Å². The van der Waals surface area contributed by atoms with E-state index in [1.54, 1.807) is 6.07 Å². The molecule has 6 atom stereocenters. The number of rotatable bonds is 10. The van der Waals surface area contributed by atoms with E-state index in [0.717, 1.165) is 4.68 Å². The highest BCUT2D eigenvalue weighted by molar-refractivity contribution is 7.70. The van der Waals surface area contributed by atoms with E-state index < -0.39 is 71.0 Å². The molecule has 1 aliphatic heterocycles. The SMILES string of the molecule is [2H]C([2H])([2H])[C@@H](Cc1ccccc1F)Nc1cc(Cl)nc2c1cnn2[C@@H]1O[C@H](COP(=O)(O)CP(=O)(O)O)[C@@H](O)[C@H]1O. The van der Waals surface area contributed by atoms with Crippen LogP contribution in [-0.4, -0.2) is 76.5 Å². The summed E-state index contributed by atoms with van der Waals surface area (Å²) < 4.78 is 72.5. The van der Waals surface area contributed by atoms with Gasteiger partial charge >= 0.3 is 15.2 Å². The molecule has 6 N–H and O–H groups in total. The second-order valence-corrected chi connectivity index (χ2v) is 13.0. The van der Waals surface area contributed by atoms with Gasteiger partial charge in [-0.05, 0) is 31.0 Å². The maximum absolute atomic E-state index is 14.3. The number of ether oxygens (including phenoxy) is 1. The molecule has 0 bridgehead atoms. The van der Waals surface area contributed by atoms with Crippen molar-refractivity contribution in [1.29, 1.82) is 0 Å². The van der Waals surface area contributed by atoms with E-state index in [-0.39, 0.29) is 33.9 Å². The number of benzene rings is 1. The Morgan fingerprint density at radius 1 is 1.29 bits per heavy atom. The molecular formula is C21H26ClFN4O9P2. The molecule has 13 nitrogen and oxygen atoms in total. The molecule has 1 unspecified atom stereocenters. The number of aliphatic hydroxyl groups is 2. The van der Waals surface area contributed by atoms with Crippen LogP contribution in [-0.2, 0) is 24.8 Å². The fourth-order valence-corrected chi connectivity index (χ4v) is 6.71. The van der Waals surface area contributed by atoms with Crippen LogP contribution in [0.15, 0.2) is 36.5 Å². The number of hydrogen-bond donors (Lipinski definition) is 6. The minimum Gasteiger partial charge on any atom is -0.387 e. The van der Waals surface area contributed by atoms with Gasteiger partial charge in [-0.1, -0.05) is 29.8 Å². The van der Waals surface area contributed by atoms with E-state index in [1.807, 2.05) is 0 Å². The summed E-state index contributed by atoms with van der Waals surface area (Å²) >= 11 is 6.20. The van der Waals surface area contributed by atoms with Gasteiger partial charge in [0.25, 0.3) is 0 Å². The molecule has 1 aromatic carbocycles. The lowest BCUT2D eigenvalue weighted by atomic mass is 10.1. The number of hydrogen-bond acceptors (Lipinski definition) is 9. The first-order chi connectivity index (χ1) is 18.9. The summed E-state index contributed by atoms with van der Waals surface area (Å²) in [6.07, 6.45) is -5.11. The van der Waals surface area contributed by atoms with Gasteiger partial charge in [-0.3, -0.25) is 9.13 Å². The van der Waals surface area contributed by atoms with Crippen molar-refractivity contribution in [2.75, 3.05) is 17.8 Å². The average molecular weight is 598 g/mol. The Morgan fingerprint density at radius 2 is 2.03 bits per heavy atom. The van der Waals surface area contributed by atoms with Crippen molar-refractivity contribution < 1.29 is 51.8 Å². The summed E-state index contributed by atoms with van der Waals surface area (Å²) in [5, 5.41) is 28.2. The number of aliphatic hydroxyl groups excluding tert-OH is 2. The third kappa shape index (κ3) is 6.78. The third-order valence-corrected chi connectivity index (χ3v) is 9.28. The Bertz CT molecular complexity index is 1510. The van der Waals surface area contributed by atoms with Gasteiger partial charge in [0, 0.05) is 10.2 Å². The Balaban J connectivity index is 1.59. The molecule has 2 aromatic heterocycles. The van der Waals surface area contributed by atoms with Crippen molar-refractivity contribution in [1.82, 2.24) is 14.8 Å². The van der Waals surface area contributed by atoms with E-state index in [1.165, 1.54) is 30.5 Å². The zero-order valence-electron chi connectivity index (χ0n) is 22.3. The molecule has 1 aliphatic rings. The molecule has 0 saturated carbocycles.